The maximum atomic E-state index is 13.8. The van der Waals surface area contributed by atoms with Crippen LogP contribution in [0.5, 0.6) is 11.5 Å². The van der Waals surface area contributed by atoms with E-state index in [0.29, 0.717) is 45.1 Å². The van der Waals surface area contributed by atoms with Crippen molar-refractivity contribution in [2.24, 2.45) is 0 Å². The fraction of sp³-hybridized carbons (Fsp3) is 0.269. The first-order valence-electron chi connectivity index (χ1n) is 12.3. The number of nitrogens with one attached hydrogen (secondary N) is 1. The lowest BCUT2D eigenvalue weighted by Crippen LogP contribution is -2.33. The number of fused-ring (bicyclic) bond motifs is 1. The molecule has 0 aliphatic rings. The summed E-state index contributed by atoms with van der Waals surface area (Å²) in [4.78, 5) is 12.9. The van der Waals surface area contributed by atoms with Crippen LogP contribution >= 0.6 is 11.6 Å². The molecule has 0 amide bonds. The van der Waals surface area contributed by atoms with Crippen LogP contribution in [-0.2, 0) is 14.8 Å². The highest BCUT2D eigenvalue weighted by atomic mass is 35.5. The molecule has 0 saturated heterocycles. The Bertz CT molecular complexity index is 1780. The molecule has 5 aromatic rings. The van der Waals surface area contributed by atoms with Crippen molar-refractivity contribution in [1.29, 1.82) is 0 Å². The van der Waals surface area contributed by atoms with Gasteiger partial charge in [-0.25, -0.2) is 23.4 Å². The summed E-state index contributed by atoms with van der Waals surface area (Å²) in [6.45, 7) is 3.32. The van der Waals surface area contributed by atoms with E-state index in [1.54, 1.807) is 18.2 Å². The SMILES string of the molecule is COc1cccc(OC)c1-n1c(NS(=O)(=O)[C@@H](C)[C@H](OC)c2ncc(Cl)cn2)nnc1-c1c(C)nc2ccccn12. The van der Waals surface area contributed by atoms with Crippen molar-refractivity contribution in [2.45, 2.75) is 25.2 Å². The van der Waals surface area contributed by atoms with Crippen LogP contribution < -0.4 is 14.2 Å². The van der Waals surface area contributed by atoms with Gasteiger partial charge in [-0.05, 0) is 38.1 Å². The van der Waals surface area contributed by atoms with Gasteiger partial charge in [0.1, 0.15) is 39.9 Å². The molecule has 0 aliphatic heterocycles. The van der Waals surface area contributed by atoms with Crippen molar-refractivity contribution in [2.75, 3.05) is 26.1 Å². The maximum Gasteiger partial charge on any atom is 0.243 e. The molecule has 4 aromatic heterocycles. The zero-order chi connectivity index (χ0) is 29.3. The predicted molar refractivity (Wildman–Crippen MR) is 152 cm³/mol. The van der Waals surface area contributed by atoms with Crippen LogP contribution in [-0.4, -0.2) is 69.1 Å². The molecular weight excluding hydrogens is 572 g/mol. The second-order valence-electron chi connectivity index (χ2n) is 8.94. The van der Waals surface area contributed by atoms with Gasteiger partial charge < -0.3 is 14.2 Å². The summed E-state index contributed by atoms with van der Waals surface area (Å²) in [7, 11) is 0.207. The summed E-state index contributed by atoms with van der Waals surface area (Å²) < 4.78 is 50.3. The lowest BCUT2D eigenvalue weighted by atomic mass is 10.2. The molecule has 1 N–H and O–H groups in total. The Hall–Kier alpha value is -4.27. The number of pyridine rings is 1. The fourth-order valence-electron chi connectivity index (χ4n) is 4.51. The molecule has 0 aliphatic carbocycles. The Morgan fingerprint density at radius 2 is 1.66 bits per heavy atom. The number of aryl methyl sites for hydroxylation is 1. The van der Waals surface area contributed by atoms with Gasteiger partial charge in [-0.1, -0.05) is 23.7 Å². The highest BCUT2D eigenvalue weighted by Gasteiger charge is 2.35. The molecule has 4 heterocycles. The number of sulfonamides is 1. The Morgan fingerprint density at radius 1 is 0.976 bits per heavy atom. The molecule has 0 radical (unpaired) electrons. The molecule has 0 saturated carbocycles. The molecule has 0 fully saturated rings. The number of methoxy groups -OCH3 is 3. The molecule has 41 heavy (non-hydrogen) atoms. The number of rotatable bonds is 10. The summed E-state index contributed by atoms with van der Waals surface area (Å²) in [5.74, 6) is 1.15. The average Bonchev–Trinajstić information content (AvgIpc) is 3.52. The standard InChI is InChI=1S/C26H27ClN8O5S/c1-15-21(34-12-7-6-11-20(34)30-15)25-31-32-26(35(25)22-18(38-3)9-8-10-19(22)39-4)33-41(36,37)16(2)23(40-5)24-28-13-17(27)14-29-24/h6-14,16,23H,1-5H3,(H,32,33)/t16-,23-/m0/s1. The van der Waals surface area contributed by atoms with E-state index in [4.69, 9.17) is 25.8 Å². The van der Waals surface area contributed by atoms with Gasteiger partial charge in [-0.15, -0.1) is 10.2 Å². The molecule has 1 aromatic carbocycles. The van der Waals surface area contributed by atoms with E-state index in [2.05, 4.69) is 29.9 Å². The van der Waals surface area contributed by atoms with Crippen molar-refractivity contribution in [3.8, 4) is 28.7 Å². The van der Waals surface area contributed by atoms with Crippen LogP contribution in [0.15, 0.2) is 55.0 Å². The smallest absolute Gasteiger partial charge is 0.243 e. The maximum absolute atomic E-state index is 13.8. The third-order valence-electron chi connectivity index (χ3n) is 6.50. The van der Waals surface area contributed by atoms with Crippen LogP contribution in [0.25, 0.3) is 22.9 Å². The summed E-state index contributed by atoms with van der Waals surface area (Å²) in [5.41, 5.74) is 2.32. The Kier molecular flexibility index (Phi) is 7.80. The van der Waals surface area contributed by atoms with E-state index in [-0.39, 0.29) is 11.8 Å². The Labute approximate surface area is 241 Å². The molecule has 2 atom stereocenters. The van der Waals surface area contributed by atoms with Crippen LogP contribution in [0.2, 0.25) is 5.02 Å². The first-order chi connectivity index (χ1) is 19.7. The van der Waals surface area contributed by atoms with Crippen LogP contribution in [0.3, 0.4) is 0 Å². The van der Waals surface area contributed by atoms with Gasteiger partial charge in [0.15, 0.2) is 11.6 Å². The normalized spacial score (nSPS) is 13.2. The van der Waals surface area contributed by atoms with Crippen LogP contribution in [0, 0.1) is 6.92 Å². The fourth-order valence-corrected chi connectivity index (χ4v) is 5.74. The van der Waals surface area contributed by atoms with Gasteiger partial charge in [-0.3, -0.25) is 13.7 Å². The van der Waals surface area contributed by atoms with Gasteiger partial charge >= 0.3 is 0 Å². The quantitative estimate of drug-likeness (QED) is 0.251. The molecule has 0 spiro atoms. The van der Waals surface area contributed by atoms with E-state index < -0.39 is 21.4 Å². The Balaban J connectivity index is 1.68. The van der Waals surface area contributed by atoms with Crippen molar-refractivity contribution in [1.82, 2.24) is 34.1 Å². The number of anilines is 1. The lowest BCUT2D eigenvalue weighted by Gasteiger charge is -2.23. The van der Waals surface area contributed by atoms with Gasteiger partial charge in [-0.2, -0.15) is 0 Å². The Morgan fingerprint density at radius 3 is 2.29 bits per heavy atom. The third kappa shape index (κ3) is 5.16. The third-order valence-corrected chi connectivity index (χ3v) is 8.39. The van der Waals surface area contributed by atoms with Crippen molar-refractivity contribution in [3.05, 3.63) is 71.5 Å². The summed E-state index contributed by atoms with van der Waals surface area (Å²) in [6, 6.07) is 10.8. The number of imidazole rings is 1. The first-order valence-corrected chi connectivity index (χ1v) is 14.2. The predicted octanol–water partition coefficient (Wildman–Crippen LogP) is 3.87. The number of para-hydroxylation sites is 1. The zero-order valence-electron chi connectivity index (χ0n) is 22.8. The topological polar surface area (TPSA) is 148 Å². The van der Waals surface area contributed by atoms with Crippen LogP contribution in [0.4, 0.5) is 5.95 Å². The monoisotopic (exact) mass is 598 g/mol. The first kappa shape index (κ1) is 28.3. The molecule has 214 valence electrons. The summed E-state index contributed by atoms with van der Waals surface area (Å²) >= 11 is 5.91. The number of nitrogens with zero attached hydrogens (tertiary/aromatic N) is 7. The minimum Gasteiger partial charge on any atom is -0.494 e. The van der Waals surface area contributed by atoms with Gasteiger partial charge in [0.2, 0.25) is 16.0 Å². The van der Waals surface area contributed by atoms with Crippen LogP contribution in [0.1, 0.15) is 24.5 Å². The molecule has 0 bridgehead atoms. The number of aromatic nitrogens is 7. The lowest BCUT2D eigenvalue weighted by molar-refractivity contribution is 0.0950. The van der Waals surface area contributed by atoms with E-state index in [0.717, 1.165) is 0 Å². The number of hydrogen-bond donors (Lipinski definition) is 1. The summed E-state index contributed by atoms with van der Waals surface area (Å²) in [5, 5.41) is 7.84. The van der Waals surface area contributed by atoms with Gasteiger partial charge in [0.05, 0.1) is 24.9 Å². The highest BCUT2D eigenvalue weighted by molar-refractivity contribution is 7.93. The number of benzene rings is 1. The zero-order valence-corrected chi connectivity index (χ0v) is 24.4. The largest absolute Gasteiger partial charge is 0.494 e. The molecule has 5 rings (SSSR count). The number of hydrogen-bond acceptors (Lipinski definition) is 10. The van der Waals surface area contributed by atoms with E-state index in [9.17, 15) is 8.42 Å². The second kappa shape index (κ2) is 11.3. The number of ether oxygens (including phenoxy) is 3. The van der Waals surface area contributed by atoms with Gasteiger partial charge in [0, 0.05) is 25.7 Å². The second-order valence-corrected chi connectivity index (χ2v) is 11.4. The van der Waals surface area contributed by atoms with Crippen molar-refractivity contribution in [3.63, 3.8) is 0 Å². The molecule has 0 unspecified atom stereocenters. The molecule has 15 heteroatoms. The molecular formula is C26H27ClN8O5S. The average molecular weight is 599 g/mol. The minimum atomic E-state index is -4.18. The minimum absolute atomic E-state index is 0.105. The number of halogens is 1. The van der Waals surface area contributed by atoms with E-state index >= 15 is 0 Å². The van der Waals surface area contributed by atoms with E-state index in [1.165, 1.54) is 45.2 Å². The van der Waals surface area contributed by atoms with Crippen molar-refractivity contribution >= 4 is 33.2 Å². The molecule has 13 nitrogen and oxygen atoms in total. The highest BCUT2D eigenvalue weighted by Crippen LogP contribution is 2.39. The van der Waals surface area contributed by atoms with Crippen molar-refractivity contribution < 1.29 is 22.6 Å². The van der Waals surface area contributed by atoms with E-state index in [1.807, 2.05) is 35.7 Å². The van der Waals surface area contributed by atoms with Gasteiger partial charge in [0.25, 0.3) is 0 Å². The summed E-state index contributed by atoms with van der Waals surface area (Å²) in [6.07, 6.45) is 3.57.